The second kappa shape index (κ2) is 1.40. The van der Waals surface area contributed by atoms with E-state index in [1.165, 1.54) is 0 Å². The third kappa shape index (κ3) is 0.518. The number of fused-ring (bicyclic) bond motifs is 1. The van der Waals surface area contributed by atoms with Crippen LogP contribution in [0.5, 0.6) is 0 Å². The van der Waals surface area contributed by atoms with E-state index in [2.05, 4.69) is 0 Å². The Morgan fingerprint density at radius 3 is 1.78 bits per heavy atom. The second-order valence-electron chi connectivity index (χ2n) is 2.80. The first-order valence-corrected chi connectivity index (χ1v) is 5.05. The van der Waals surface area contributed by atoms with Crippen molar-refractivity contribution in [2.45, 2.75) is 31.6 Å². The zero-order valence-corrected chi connectivity index (χ0v) is 6.50. The zero-order valence-electron chi connectivity index (χ0n) is 5.50. The molecule has 0 aliphatic carbocycles. The molecule has 52 valence electrons. The molecule has 2 fully saturated rings. The van der Waals surface area contributed by atoms with Crippen molar-refractivity contribution in [3.05, 3.63) is 0 Å². The Morgan fingerprint density at radius 2 is 1.67 bits per heavy atom. The standard InChI is InChI=1S/C5H10O3Si/c1-3-5-4(2)8-9(5,6)7-3/h3-6H,1-2H3/t3-,4+,5?,9?. The summed E-state index contributed by atoms with van der Waals surface area (Å²) in [6.45, 7) is 3.95. The number of hydrogen-bond acceptors (Lipinski definition) is 3. The smallest absolute Gasteiger partial charge is 0.389 e. The quantitative estimate of drug-likeness (QED) is 0.493. The number of rotatable bonds is 0. The van der Waals surface area contributed by atoms with E-state index in [9.17, 15) is 4.80 Å². The maximum atomic E-state index is 9.30. The molecule has 0 aromatic carbocycles. The first kappa shape index (κ1) is 5.85. The van der Waals surface area contributed by atoms with Gasteiger partial charge in [0.1, 0.15) is 0 Å². The predicted octanol–water partition coefficient (Wildman–Crippen LogP) is 0.125. The lowest BCUT2D eigenvalue weighted by molar-refractivity contribution is -0.134. The van der Waals surface area contributed by atoms with Crippen LogP contribution in [0.3, 0.4) is 0 Å². The highest BCUT2D eigenvalue weighted by molar-refractivity contribution is 6.66. The van der Waals surface area contributed by atoms with Gasteiger partial charge in [-0.25, -0.2) is 0 Å². The lowest BCUT2D eigenvalue weighted by Gasteiger charge is -2.57. The van der Waals surface area contributed by atoms with E-state index >= 15 is 0 Å². The average molecular weight is 146 g/mol. The minimum atomic E-state index is -2.50. The molecule has 0 spiro atoms. The Bertz CT molecular complexity index is 137. The fraction of sp³-hybridized carbons (Fsp3) is 1.00. The summed E-state index contributed by atoms with van der Waals surface area (Å²) in [5, 5.41) is 0. The van der Waals surface area contributed by atoms with E-state index in [0.717, 1.165) is 0 Å². The van der Waals surface area contributed by atoms with Crippen molar-refractivity contribution < 1.29 is 13.6 Å². The molecule has 1 N–H and O–H groups in total. The maximum Gasteiger partial charge on any atom is 0.507 e. The molecular formula is C5H10O3Si. The SMILES string of the molecule is C[C@@H]1O[Si]2(O)O[C@H](C)C12. The largest absolute Gasteiger partial charge is 0.507 e. The highest BCUT2D eigenvalue weighted by Gasteiger charge is 2.71. The third-order valence-corrected chi connectivity index (χ3v) is 5.34. The summed E-state index contributed by atoms with van der Waals surface area (Å²) in [5.74, 6) is 0. The third-order valence-electron chi connectivity index (χ3n) is 2.14. The van der Waals surface area contributed by atoms with Gasteiger partial charge in [-0.2, -0.15) is 0 Å². The van der Waals surface area contributed by atoms with Crippen LogP contribution in [0.1, 0.15) is 13.8 Å². The lowest BCUT2D eigenvalue weighted by atomic mass is 10.2. The van der Waals surface area contributed by atoms with Gasteiger partial charge in [0.05, 0.1) is 17.7 Å². The molecule has 2 unspecified atom stereocenters. The van der Waals surface area contributed by atoms with Crippen LogP contribution in [0.4, 0.5) is 0 Å². The topological polar surface area (TPSA) is 38.7 Å². The van der Waals surface area contributed by atoms with Crippen LogP contribution in [-0.4, -0.2) is 25.8 Å². The van der Waals surface area contributed by atoms with Crippen molar-refractivity contribution >= 4 is 8.80 Å². The first-order valence-electron chi connectivity index (χ1n) is 3.21. The van der Waals surface area contributed by atoms with Gasteiger partial charge < -0.3 is 13.6 Å². The molecule has 3 nitrogen and oxygen atoms in total. The van der Waals surface area contributed by atoms with Crippen LogP contribution >= 0.6 is 0 Å². The van der Waals surface area contributed by atoms with Crippen LogP contribution in [0, 0.1) is 0 Å². The van der Waals surface area contributed by atoms with Gasteiger partial charge in [0, 0.05) is 0 Å². The molecule has 0 aromatic rings. The predicted molar refractivity (Wildman–Crippen MR) is 32.8 cm³/mol. The molecule has 2 heterocycles. The van der Waals surface area contributed by atoms with Crippen LogP contribution in [-0.2, 0) is 8.85 Å². The summed E-state index contributed by atoms with van der Waals surface area (Å²) in [7, 11) is -2.50. The highest BCUT2D eigenvalue weighted by Crippen LogP contribution is 2.51. The molecule has 0 saturated carbocycles. The van der Waals surface area contributed by atoms with E-state index < -0.39 is 8.80 Å². The number of hydrogen-bond donors (Lipinski definition) is 1. The molecule has 4 atom stereocenters. The van der Waals surface area contributed by atoms with E-state index in [-0.39, 0.29) is 12.2 Å². The van der Waals surface area contributed by atoms with Crippen molar-refractivity contribution in [2.75, 3.05) is 0 Å². The Hall–Kier alpha value is 0.0969. The van der Waals surface area contributed by atoms with E-state index in [0.29, 0.717) is 5.54 Å². The van der Waals surface area contributed by atoms with Crippen molar-refractivity contribution in [3.8, 4) is 0 Å². The van der Waals surface area contributed by atoms with E-state index in [1.807, 2.05) is 13.8 Å². The molecule has 2 rings (SSSR count). The zero-order chi connectivity index (χ0) is 6.65. The fourth-order valence-electron chi connectivity index (χ4n) is 1.69. The van der Waals surface area contributed by atoms with Crippen LogP contribution in [0.25, 0.3) is 0 Å². The Labute approximate surface area is 55.0 Å². The van der Waals surface area contributed by atoms with Gasteiger partial charge in [0.25, 0.3) is 0 Å². The molecule has 0 bridgehead atoms. The van der Waals surface area contributed by atoms with Gasteiger partial charge in [-0.15, -0.1) is 0 Å². The highest BCUT2D eigenvalue weighted by atomic mass is 28.4. The first-order chi connectivity index (χ1) is 4.13. The van der Waals surface area contributed by atoms with Gasteiger partial charge in [-0.1, -0.05) is 0 Å². The fourth-order valence-corrected chi connectivity index (χ4v) is 4.32. The normalized spacial score (nSPS) is 63.7. The van der Waals surface area contributed by atoms with Crippen molar-refractivity contribution in [2.24, 2.45) is 0 Å². The minimum Gasteiger partial charge on any atom is -0.389 e. The van der Waals surface area contributed by atoms with Crippen LogP contribution in [0.15, 0.2) is 0 Å². The van der Waals surface area contributed by atoms with Crippen molar-refractivity contribution in [3.63, 3.8) is 0 Å². The average Bonchev–Trinajstić information content (AvgIpc) is 1.61. The summed E-state index contributed by atoms with van der Waals surface area (Å²) in [5.41, 5.74) is 0.345. The molecule has 0 amide bonds. The van der Waals surface area contributed by atoms with Gasteiger partial charge >= 0.3 is 8.80 Å². The van der Waals surface area contributed by atoms with Gasteiger partial charge in [0.2, 0.25) is 0 Å². The molecular weight excluding hydrogens is 136 g/mol. The molecule has 0 aromatic heterocycles. The minimum absolute atomic E-state index is 0.227. The Kier molecular flexibility index (Phi) is 0.907. The summed E-state index contributed by atoms with van der Waals surface area (Å²) >= 11 is 0. The molecule has 2 aliphatic rings. The van der Waals surface area contributed by atoms with Crippen molar-refractivity contribution in [1.82, 2.24) is 0 Å². The van der Waals surface area contributed by atoms with Gasteiger partial charge in [-0.3, -0.25) is 0 Å². The van der Waals surface area contributed by atoms with Crippen LogP contribution in [0.2, 0.25) is 5.54 Å². The lowest BCUT2D eigenvalue weighted by Crippen LogP contribution is -2.75. The molecule has 2 aliphatic heterocycles. The molecule has 9 heavy (non-hydrogen) atoms. The molecule has 0 radical (unpaired) electrons. The Balaban J connectivity index is 2.09. The summed E-state index contributed by atoms with van der Waals surface area (Å²) in [6.07, 6.45) is 0.454. The van der Waals surface area contributed by atoms with Gasteiger partial charge in [-0.05, 0) is 13.8 Å². The van der Waals surface area contributed by atoms with Crippen molar-refractivity contribution in [1.29, 1.82) is 0 Å². The Morgan fingerprint density at radius 1 is 1.22 bits per heavy atom. The summed E-state index contributed by atoms with van der Waals surface area (Å²) in [4.78, 5) is 9.30. The van der Waals surface area contributed by atoms with E-state index in [1.54, 1.807) is 0 Å². The van der Waals surface area contributed by atoms with Gasteiger partial charge in [0.15, 0.2) is 0 Å². The molecule has 4 heteroatoms. The van der Waals surface area contributed by atoms with Crippen LogP contribution < -0.4 is 0 Å². The maximum absolute atomic E-state index is 9.30. The molecule has 2 saturated heterocycles. The monoisotopic (exact) mass is 146 g/mol. The second-order valence-corrected chi connectivity index (χ2v) is 5.20. The van der Waals surface area contributed by atoms with E-state index in [4.69, 9.17) is 8.85 Å². The summed E-state index contributed by atoms with van der Waals surface area (Å²) < 4.78 is 10.1. The summed E-state index contributed by atoms with van der Waals surface area (Å²) in [6, 6.07) is 0.